The molecule has 0 radical (unpaired) electrons. The number of rotatable bonds is 7. The van der Waals surface area contributed by atoms with Gasteiger partial charge in [-0.2, -0.15) is 0 Å². The summed E-state index contributed by atoms with van der Waals surface area (Å²) >= 11 is 0. The van der Waals surface area contributed by atoms with E-state index in [1.54, 1.807) is 29.2 Å². The number of benzene rings is 4. The zero-order valence-electron chi connectivity index (χ0n) is 20.5. The third-order valence-corrected chi connectivity index (χ3v) is 6.72. The molecule has 8 heteroatoms. The normalized spacial score (nSPS) is 13.6. The molecule has 7 nitrogen and oxygen atoms in total. The minimum atomic E-state index is -0.748. The van der Waals surface area contributed by atoms with E-state index in [0.29, 0.717) is 29.2 Å². The highest BCUT2D eigenvalue weighted by Crippen LogP contribution is 2.40. The van der Waals surface area contributed by atoms with Gasteiger partial charge in [0.2, 0.25) is 0 Å². The molecule has 190 valence electrons. The maximum absolute atomic E-state index is 14.6. The van der Waals surface area contributed by atoms with Crippen LogP contribution in [0, 0.1) is 5.82 Å². The summed E-state index contributed by atoms with van der Waals surface area (Å²) in [4.78, 5) is 23.7. The quantitative estimate of drug-likeness (QED) is 0.271. The van der Waals surface area contributed by atoms with Gasteiger partial charge in [0.15, 0.2) is 6.79 Å². The topological polar surface area (TPSA) is 87.7 Å². The summed E-state index contributed by atoms with van der Waals surface area (Å²) < 4.78 is 25.5. The number of amides is 1. The lowest BCUT2D eigenvalue weighted by Gasteiger charge is -2.28. The lowest BCUT2D eigenvalue weighted by Crippen LogP contribution is -2.31. The smallest absolute Gasteiger partial charge is 0.255 e. The Bertz CT molecular complexity index is 1610. The highest BCUT2D eigenvalue weighted by molar-refractivity contribution is 6.00. The average Bonchev–Trinajstić information content (AvgIpc) is 3.50. The van der Waals surface area contributed by atoms with Crippen LogP contribution < -0.4 is 4.74 Å². The lowest BCUT2D eigenvalue weighted by atomic mass is 10.0. The SMILES string of the molecule is COCOc1ccc(F)cc1C(c1nc2ccccc2[nH]1)N1Cc2ccc(-c3ccc(O)cc3)cc2C1=O. The van der Waals surface area contributed by atoms with Gasteiger partial charge in [0, 0.05) is 24.8 Å². The summed E-state index contributed by atoms with van der Waals surface area (Å²) in [5, 5.41) is 9.65. The van der Waals surface area contributed by atoms with Gasteiger partial charge in [-0.25, -0.2) is 9.37 Å². The Morgan fingerprint density at radius 1 is 1.03 bits per heavy atom. The van der Waals surface area contributed by atoms with Crippen molar-refractivity contribution in [3.8, 4) is 22.6 Å². The number of aromatic nitrogens is 2. The molecule has 0 fully saturated rings. The summed E-state index contributed by atoms with van der Waals surface area (Å²) in [5.41, 5.74) is 5.16. The molecule has 2 N–H and O–H groups in total. The lowest BCUT2D eigenvalue weighted by molar-refractivity contribution is 0.0487. The summed E-state index contributed by atoms with van der Waals surface area (Å²) in [6.07, 6.45) is 0. The maximum atomic E-state index is 14.6. The molecule has 1 aliphatic heterocycles. The molecule has 38 heavy (non-hydrogen) atoms. The van der Waals surface area contributed by atoms with Gasteiger partial charge < -0.3 is 24.5 Å². The molecule has 0 saturated heterocycles. The first-order valence-electron chi connectivity index (χ1n) is 12.1. The molecular weight excluding hydrogens is 485 g/mol. The number of ether oxygens (including phenoxy) is 2. The Morgan fingerprint density at radius 2 is 1.82 bits per heavy atom. The second-order valence-electron chi connectivity index (χ2n) is 9.13. The summed E-state index contributed by atoms with van der Waals surface area (Å²) in [6, 6.07) is 23.6. The number of carbonyl (C=O) groups is 1. The van der Waals surface area contributed by atoms with Crippen molar-refractivity contribution >= 4 is 16.9 Å². The zero-order chi connectivity index (χ0) is 26.2. The molecule has 0 saturated carbocycles. The fraction of sp³-hybridized carbons (Fsp3) is 0.133. The molecule has 0 bridgehead atoms. The Morgan fingerprint density at radius 3 is 2.61 bits per heavy atom. The van der Waals surface area contributed by atoms with Crippen LogP contribution in [0.15, 0.2) is 84.9 Å². The number of halogens is 1. The highest BCUT2D eigenvalue weighted by atomic mass is 19.1. The van der Waals surface area contributed by atoms with E-state index in [2.05, 4.69) is 4.98 Å². The molecule has 5 aromatic rings. The number of aromatic amines is 1. The van der Waals surface area contributed by atoms with E-state index in [1.807, 2.05) is 42.5 Å². The Kier molecular flexibility index (Phi) is 6.01. The number of methoxy groups -OCH3 is 1. The summed E-state index contributed by atoms with van der Waals surface area (Å²) in [6.45, 7) is 0.279. The summed E-state index contributed by atoms with van der Waals surface area (Å²) in [7, 11) is 1.51. The van der Waals surface area contributed by atoms with Crippen molar-refractivity contribution < 1.29 is 23.8 Å². The van der Waals surface area contributed by atoms with Crippen LogP contribution in [0.25, 0.3) is 22.2 Å². The van der Waals surface area contributed by atoms with E-state index in [0.717, 1.165) is 27.7 Å². The fourth-order valence-corrected chi connectivity index (χ4v) is 4.92. The number of carbonyl (C=O) groups excluding carboxylic acids is 1. The highest BCUT2D eigenvalue weighted by Gasteiger charge is 2.38. The molecule has 4 aromatic carbocycles. The van der Waals surface area contributed by atoms with Crippen molar-refractivity contribution in [3.63, 3.8) is 0 Å². The van der Waals surface area contributed by atoms with Gasteiger partial charge in [0.1, 0.15) is 29.2 Å². The molecular formula is C30H24FN3O4. The molecule has 6 rings (SSSR count). The van der Waals surface area contributed by atoms with Crippen molar-refractivity contribution in [3.05, 3.63) is 113 Å². The largest absolute Gasteiger partial charge is 0.508 e. The molecule has 1 aromatic heterocycles. The van der Waals surface area contributed by atoms with Gasteiger partial charge >= 0.3 is 0 Å². The number of imidazole rings is 1. The van der Waals surface area contributed by atoms with E-state index >= 15 is 0 Å². The number of nitrogens with zero attached hydrogens (tertiary/aromatic N) is 2. The van der Waals surface area contributed by atoms with Crippen LogP contribution in [-0.2, 0) is 11.3 Å². The van der Waals surface area contributed by atoms with Gasteiger partial charge in [0.05, 0.1) is 11.0 Å². The molecule has 2 heterocycles. The maximum Gasteiger partial charge on any atom is 0.255 e. The first kappa shape index (κ1) is 23.7. The predicted octanol–water partition coefficient (Wildman–Crippen LogP) is 5.80. The molecule has 0 aliphatic carbocycles. The number of fused-ring (bicyclic) bond motifs is 2. The summed E-state index contributed by atoms with van der Waals surface area (Å²) in [5.74, 6) is 0.413. The molecule has 1 aliphatic rings. The first-order valence-corrected chi connectivity index (χ1v) is 12.1. The molecule has 1 amide bonds. The molecule has 1 unspecified atom stereocenters. The molecule has 0 spiro atoms. The van der Waals surface area contributed by atoms with Crippen LogP contribution in [0.4, 0.5) is 4.39 Å². The number of nitrogens with one attached hydrogen (secondary N) is 1. The van der Waals surface area contributed by atoms with E-state index < -0.39 is 11.9 Å². The Labute approximate surface area is 218 Å². The van der Waals surface area contributed by atoms with Crippen molar-refractivity contribution in [2.45, 2.75) is 12.6 Å². The van der Waals surface area contributed by atoms with E-state index in [9.17, 15) is 14.3 Å². The van der Waals surface area contributed by atoms with Gasteiger partial charge in [-0.05, 0) is 65.2 Å². The van der Waals surface area contributed by atoms with Crippen molar-refractivity contribution in [2.75, 3.05) is 13.9 Å². The number of hydrogen-bond acceptors (Lipinski definition) is 5. The van der Waals surface area contributed by atoms with Crippen molar-refractivity contribution in [2.24, 2.45) is 0 Å². The second-order valence-corrected chi connectivity index (χ2v) is 9.13. The van der Waals surface area contributed by atoms with E-state index in [4.69, 9.17) is 14.5 Å². The van der Waals surface area contributed by atoms with Crippen LogP contribution in [0.3, 0.4) is 0 Å². The zero-order valence-corrected chi connectivity index (χ0v) is 20.5. The minimum Gasteiger partial charge on any atom is -0.508 e. The number of phenolic OH excluding ortho intramolecular Hbond substituents is 1. The van der Waals surface area contributed by atoms with Crippen LogP contribution in [0.2, 0.25) is 0 Å². The number of H-pyrrole nitrogens is 1. The van der Waals surface area contributed by atoms with Crippen LogP contribution in [-0.4, -0.2) is 39.8 Å². The van der Waals surface area contributed by atoms with Crippen LogP contribution in [0.1, 0.15) is 33.4 Å². The van der Waals surface area contributed by atoms with Crippen molar-refractivity contribution in [1.82, 2.24) is 14.9 Å². The number of phenols is 1. The third kappa shape index (κ3) is 4.25. The first-order chi connectivity index (χ1) is 18.5. The van der Waals surface area contributed by atoms with Crippen LogP contribution >= 0.6 is 0 Å². The number of para-hydroxylation sites is 2. The van der Waals surface area contributed by atoms with Crippen LogP contribution in [0.5, 0.6) is 11.5 Å². The number of aromatic hydroxyl groups is 1. The molecule has 1 atom stereocenters. The Balaban J connectivity index is 1.46. The van der Waals surface area contributed by atoms with Gasteiger partial charge in [-0.3, -0.25) is 4.79 Å². The second kappa shape index (κ2) is 9.64. The standard InChI is InChI=1S/C30H24FN3O4/c1-37-17-38-27-13-10-21(31)15-24(27)28(29-32-25-4-2-3-5-26(25)33-29)34-16-20-7-6-19(14-23(20)30(34)36)18-8-11-22(35)12-9-18/h2-15,28,35H,16-17H2,1H3,(H,32,33). The van der Waals surface area contributed by atoms with E-state index in [1.165, 1.54) is 25.3 Å². The van der Waals surface area contributed by atoms with E-state index in [-0.39, 0.29) is 18.4 Å². The Hall–Kier alpha value is -4.69. The number of hydrogen-bond donors (Lipinski definition) is 2. The minimum absolute atomic E-state index is 0.0321. The van der Waals surface area contributed by atoms with Crippen molar-refractivity contribution in [1.29, 1.82) is 0 Å². The monoisotopic (exact) mass is 509 g/mol. The third-order valence-electron chi connectivity index (χ3n) is 6.72. The van der Waals surface area contributed by atoms with Gasteiger partial charge in [-0.1, -0.05) is 36.4 Å². The average molecular weight is 510 g/mol. The predicted molar refractivity (Wildman–Crippen MR) is 140 cm³/mol. The van der Waals surface area contributed by atoms with Gasteiger partial charge in [-0.15, -0.1) is 0 Å². The fourth-order valence-electron chi connectivity index (χ4n) is 4.92. The van der Waals surface area contributed by atoms with Gasteiger partial charge in [0.25, 0.3) is 5.91 Å².